The second-order valence-corrected chi connectivity index (χ2v) is 4.68. The molecule has 0 aromatic carbocycles. The van der Waals surface area contributed by atoms with Gasteiger partial charge in [-0.15, -0.1) is 0 Å². The number of amides is 2. The number of anilines is 1. The molecule has 0 aliphatic rings. The summed E-state index contributed by atoms with van der Waals surface area (Å²) in [5, 5.41) is 22.8. The Morgan fingerprint density at radius 2 is 2.11 bits per heavy atom. The molecule has 100 valence electrons. The molecule has 1 heterocycles. The summed E-state index contributed by atoms with van der Waals surface area (Å²) in [6, 6.07) is 1.79. The fourth-order valence-corrected chi connectivity index (χ4v) is 1.46. The van der Waals surface area contributed by atoms with Crippen LogP contribution in [0.25, 0.3) is 0 Å². The molecule has 1 aromatic heterocycles. The zero-order valence-corrected chi connectivity index (χ0v) is 11.2. The van der Waals surface area contributed by atoms with E-state index in [1.807, 2.05) is 0 Å². The molecular weight excluding hydrogens is 309 g/mol. The summed E-state index contributed by atoms with van der Waals surface area (Å²) in [6.45, 7) is 0.643. The smallest absolute Gasteiger partial charge is 0.319 e. The fourth-order valence-electron chi connectivity index (χ4n) is 1.06. The molecule has 0 saturated heterocycles. The first-order valence-corrected chi connectivity index (χ1v) is 5.82. The molecule has 8 heteroatoms. The van der Waals surface area contributed by atoms with Crippen LogP contribution in [0.15, 0.2) is 16.7 Å². The van der Waals surface area contributed by atoms with Crippen molar-refractivity contribution in [3.8, 4) is 0 Å². The van der Waals surface area contributed by atoms with Crippen LogP contribution in [0.5, 0.6) is 0 Å². The third-order valence-corrected chi connectivity index (χ3v) is 2.78. The van der Waals surface area contributed by atoms with Gasteiger partial charge in [-0.05, 0) is 35.0 Å². The van der Waals surface area contributed by atoms with Crippen molar-refractivity contribution < 1.29 is 19.4 Å². The summed E-state index contributed by atoms with van der Waals surface area (Å²) < 4.78 is 12.9. The van der Waals surface area contributed by atoms with Gasteiger partial charge in [-0.2, -0.15) is 4.39 Å². The van der Waals surface area contributed by atoms with Crippen molar-refractivity contribution in [2.75, 3.05) is 18.5 Å². The number of urea groups is 1. The largest absolute Gasteiger partial charge is 0.394 e. The lowest BCUT2D eigenvalue weighted by molar-refractivity contribution is 0.111. The summed E-state index contributed by atoms with van der Waals surface area (Å²) in [5.41, 5.74) is -0.864. The van der Waals surface area contributed by atoms with Crippen LogP contribution in [0.4, 0.5) is 14.9 Å². The Morgan fingerprint density at radius 3 is 2.61 bits per heavy atom. The van der Waals surface area contributed by atoms with Crippen LogP contribution >= 0.6 is 15.9 Å². The molecular formula is C10H13BrFN3O3. The molecule has 6 nitrogen and oxygen atoms in total. The van der Waals surface area contributed by atoms with E-state index in [0.717, 1.165) is 6.07 Å². The van der Waals surface area contributed by atoms with E-state index in [2.05, 4.69) is 31.5 Å². The second-order valence-electron chi connectivity index (χ2n) is 3.93. The maximum absolute atomic E-state index is 12.7. The van der Waals surface area contributed by atoms with Gasteiger partial charge >= 0.3 is 6.03 Å². The first kappa shape index (κ1) is 14.8. The number of hydrogen-bond acceptors (Lipinski definition) is 4. The van der Waals surface area contributed by atoms with Gasteiger partial charge in [0.15, 0.2) is 0 Å². The van der Waals surface area contributed by atoms with Gasteiger partial charge in [0.25, 0.3) is 0 Å². The number of rotatable bonds is 4. The molecule has 0 bridgehead atoms. The van der Waals surface area contributed by atoms with Gasteiger partial charge in [-0.1, -0.05) is 0 Å². The molecule has 0 unspecified atom stereocenters. The SMILES string of the molecule is CC(CO)(CO)NC(=O)Nc1ccc(F)nc1Br. The Labute approximate surface area is 111 Å². The highest BCUT2D eigenvalue weighted by Gasteiger charge is 2.24. The zero-order chi connectivity index (χ0) is 13.8. The van der Waals surface area contributed by atoms with Crippen molar-refractivity contribution in [3.05, 3.63) is 22.7 Å². The predicted molar refractivity (Wildman–Crippen MR) is 66.6 cm³/mol. The number of carbonyl (C=O) groups excluding carboxylic acids is 1. The van der Waals surface area contributed by atoms with E-state index < -0.39 is 30.7 Å². The third-order valence-electron chi connectivity index (χ3n) is 2.18. The maximum atomic E-state index is 12.7. The molecule has 0 radical (unpaired) electrons. The Kier molecular flexibility index (Phi) is 5.00. The highest BCUT2D eigenvalue weighted by atomic mass is 79.9. The average molecular weight is 322 g/mol. The number of nitrogens with one attached hydrogen (secondary N) is 2. The molecule has 0 aliphatic carbocycles. The van der Waals surface area contributed by atoms with E-state index in [1.54, 1.807) is 0 Å². The van der Waals surface area contributed by atoms with Crippen molar-refractivity contribution >= 4 is 27.6 Å². The van der Waals surface area contributed by atoms with Crippen molar-refractivity contribution in [2.45, 2.75) is 12.5 Å². The van der Waals surface area contributed by atoms with Crippen LogP contribution < -0.4 is 10.6 Å². The summed E-state index contributed by atoms with van der Waals surface area (Å²) >= 11 is 3.00. The quantitative estimate of drug-likeness (QED) is 0.618. The number of carbonyl (C=O) groups is 1. The van der Waals surface area contributed by atoms with Crippen LogP contribution in [0.2, 0.25) is 0 Å². The second kappa shape index (κ2) is 6.07. The normalized spacial score (nSPS) is 11.2. The van der Waals surface area contributed by atoms with Crippen molar-refractivity contribution in [1.29, 1.82) is 0 Å². The van der Waals surface area contributed by atoms with E-state index in [0.29, 0.717) is 0 Å². The molecule has 0 aliphatic heterocycles. The van der Waals surface area contributed by atoms with Crippen LogP contribution in [-0.4, -0.2) is 40.0 Å². The van der Waals surface area contributed by atoms with E-state index in [4.69, 9.17) is 10.2 Å². The van der Waals surface area contributed by atoms with Crippen LogP contribution in [-0.2, 0) is 0 Å². The van der Waals surface area contributed by atoms with Gasteiger partial charge in [0.1, 0.15) is 4.60 Å². The lowest BCUT2D eigenvalue weighted by Crippen LogP contribution is -2.53. The van der Waals surface area contributed by atoms with Gasteiger partial charge in [-0.25, -0.2) is 9.78 Å². The Hall–Kier alpha value is -1.25. The lowest BCUT2D eigenvalue weighted by atomic mass is 10.1. The average Bonchev–Trinajstić information content (AvgIpc) is 2.32. The number of aliphatic hydroxyl groups excluding tert-OH is 2. The van der Waals surface area contributed by atoms with Gasteiger partial charge < -0.3 is 20.8 Å². The Balaban J connectivity index is 2.70. The predicted octanol–water partition coefficient (Wildman–Crippen LogP) is 0.848. The van der Waals surface area contributed by atoms with Crippen molar-refractivity contribution in [2.24, 2.45) is 0 Å². The summed E-state index contributed by atoms with van der Waals surface area (Å²) in [5.74, 6) is -0.677. The molecule has 1 aromatic rings. The van der Waals surface area contributed by atoms with Gasteiger partial charge in [0, 0.05) is 0 Å². The highest BCUT2D eigenvalue weighted by Crippen LogP contribution is 2.19. The highest BCUT2D eigenvalue weighted by molar-refractivity contribution is 9.10. The van der Waals surface area contributed by atoms with E-state index in [1.165, 1.54) is 13.0 Å². The number of hydrogen-bond donors (Lipinski definition) is 4. The number of pyridine rings is 1. The minimum atomic E-state index is -1.13. The lowest BCUT2D eigenvalue weighted by Gasteiger charge is -2.26. The molecule has 2 amide bonds. The minimum Gasteiger partial charge on any atom is -0.394 e. The molecule has 0 atom stereocenters. The Morgan fingerprint density at radius 1 is 1.50 bits per heavy atom. The zero-order valence-electron chi connectivity index (χ0n) is 9.57. The summed E-state index contributed by atoms with van der Waals surface area (Å²) in [4.78, 5) is 15.1. The number of nitrogens with zero attached hydrogens (tertiary/aromatic N) is 1. The standard InChI is InChI=1S/C10H13BrFN3O3/c1-10(4-16,5-17)15-9(18)13-6-2-3-7(12)14-8(6)11/h2-3,16-17H,4-5H2,1H3,(H2,13,15,18). The van der Waals surface area contributed by atoms with Crippen LogP contribution in [0, 0.1) is 5.95 Å². The first-order valence-electron chi connectivity index (χ1n) is 5.03. The molecule has 0 spiro atoms. The Bertz CT molecular complexity index is 440. The molecule has 1 rings (SSSR count). The molecule has 0 saturated carbocycles. The van der Waals surface area contributed by atoms with Gasteiger partial charge in [0.05, 0.1) is 24.4 Å². The molecule has 18 heavy (non-hydrogen) atoms. The van der Waals surface area contributed by atoms with Crippen LogP contribution in [0.1, 0.15) is 6.92 Å². The molecule has 4 N–H and O–H groups in total. The van der Waals surface area contributed by atoms with Crippen molar-refractivity contribution in [3.63, 3.8) is 0 Å². The number of halogens is 2. The number of aliphatic hydroxyl groups is 2. The molecule has 0 fully saturated rings. The van der Waals surface area contributed by atoms with E-state index in [9.17, 15) is 9.18 Å². The summed E-state index contributed by atoms with van der Waals surface area (Å²) in [7, 11) is 0. The van der Waals surface area contributed by atoms with E-state index >= 15 is 0 Å². The topological polar surface area (TPSA) is 94.5 Å². The number of aromatic nitrogens is 1. The van der Waals surface area contributed by atoms with Crippen molar-refractivity contribution in [1.82, 2.24) is 10.3 Å². The summed E-state index contributed by atoms with van der Waals surface area (Å²) in [6.07, 6.45) is 0. The van der Waals surface area contributed by atoms with E-state index in [-0.39, 0.29) is 10.3 Å². The minimum absolute atomic E-state index is 0.146. The van der Waals surface area contributed by atoms with Gasteiger partial charge in [0.2, 0.25) is 5.95 Å². The van der Waals surface area contributed by atoms with Crippen LogP contribution in [0.3, 0.4) is 0 Å². The van der Waals surface area contributed by atoms with Gasteiger partial charge in [-0.3, -0.25) is 0 Å². The maximum Gasteiger partial charge on any atom is 0.319 e. The monoisotopic (exact) mass is 321 g/mol. The first-order chi connectivity index (χ1) is 8.40. The fraction of sp³-hybridized carbons (Fsp3) is 0.400. The third kappa shape index (κ3) is 3.90.